The average Bonchev–Trinajstić information content (AvgIpc) is 2.35. The molecule has 2 rings (SSSR count). The molecule has 1 heterocycles. The van der Waals surface area contributed by atoms with Crippen LogP contribution in [0.25, 0.3) is 0 Å². The summed E-state index contributed by atoms with van der Waals surface area (Å²) in [7, 11) is 1.76. The van der Waals surface area contributed by atoms with Gasteiger partial charge in [0.1, 0.15) is 0 Å². The Bertz CT molecular complexity index is 490. The lowest BCUT2D eigenvalue weighted by atomic mass is 10.1. The zero-order chi connectivity index (χ0) is 12.4. The smallest absolute Gasteiger partial charge is 0.246 e. The van der Waals surface area contributed by atoms with Crippen molar-refractivity contribution in [2.75, 3.05) is 29.9 Å². The van der Waals surface area contributed by atoms with Gasteiger partial charge >= 0.3 is 0 Å². The molecule has 0 aliphatic carbocycles. The van der Waals surface area contributed by atoms with Gasteiger partial charge in [-0.1, -0.05) is 6.92 Å². The standard InChI is InChI=1S/C13H15N3O/c1-3-6-16-9-13(17)15(2)12-7-10(8-14)4-5-11(12)16/h4-5,7H,3,6,9H2,1-2H3. The average molecular weight is 229 g/mol. The van der Waals surface area contributed by atoms with Crippen LogP contribution in [0.4, 0.5) is 11.4 Å². The third-order valence-electron chi connectivity index (χ3n) is 3.00. The van der Waals surface area contributed by atoms with E-state index in [1.165, 1.54) is 0 Å². The first-order valence-corrected chi connectivity index (χ1v) is 5.73. The number of hydrogen-bond acceptors (Lipinski definition) is 3. The van der Waals surface area contributed by atoms with Crippen LogP contribution < -0.4 is 9.80 Å². The minimum Gasteiger partial charge on any atom is -0.361 e. The Labute approximate surface area is 101 Å². The van der Waals surface area contributed by atoms with Gasteiger partial charge < -0.3 is 9.80 Å². The van der Waals surface area contributed by atoms with E-state index in [9.17, 15) is 4.79 Å². The number of benzene rings is 1. The Kier molecular flexibility index (Phi) is 3.01. The minimum atomic E-state index is 0.0704. The molecule has 0 radical (unpaired) electrons. The predicted molar refractivity (Wildman–Crippen MR) is 67.1 cm³/mol. The fourth-order valence-corrected chi connectivity index (χ4v) is 2.09. The summed E-state index contributed by atoms with van der Waals surface area (Å²) in [6, 6.07) is 7.60. The summed E-state index contributed by atoms with van der Waals surface area (Å²) in [5, 5.41) is 8.89. The molecule has 0 spiro atoms. The summed E-state index contributed by atoms with van der Waals surface area (Å²) in [4.78, 5) is 15.5. The molecular formula is C13H15N3O. The Morgan fingerprint density at radius 3 is 2.82 bits per heavy atom. The van der Waals surface area contributed by atoms with Gasteiger partial charge in [-0.05, 0) is 24.6 Å². The number of carbonyl (C=O) groups excluding carboxylic acids is 1. The number of likely N-dealkylation sites (N-methyl/N-ethyl adjacent to an activating group) is 1. The molecule has 17 heavy (non-hydrogen) atoms. The molecule has 0 aromatic heterocycles. The molecule has 4 heteroatoms. The first-order chi connectivity index (χ1) is 8.17. The third kappa shape index (κ3) is 1.96. The number of nitrogens with zero attached hydrogens (tertiary/aromatic N) is 3. The van der Waals surface area contributed by atoms with Gasteiger partial charge in [0.15, 0.2) is 0 Å². The van der Waals surface area contributed by atoms with Crippen molar-refractivity contribution < 1.29 is 4.79 Å². The predicted octanol–water partition coefficient (Wildman–Crippen LogP) is 1.75. The van der Waals surface area contributed by atoms with E-state index in [0.717, 1.165) is 24.3 Å². The van der Waals surface area contributed by atoms with Crippen LogP contribution >= 0.6 is 0 Å². The summed E-state index contributed by atoms with van der Waals surface area (Å²) in [5.74, 6) is 0.0704. The maximum Gasteiger partial charge on any atom is 0.246 e. The van der Waals surface area contributed by atoms with Crippen molar-refractivity contribution in [3.63, 3.8) is 0 Å². The Hall–Kier alpha value is -2.02. The van der Waals surface area contributed by atoms with Crippen molar-refractivity contribution in [2.24, 2.45) is 0 Å². The zero-order valence-electron chi connectivity index (χ0n) is 10.1. The van der Waals surface area contributed by atoms with Gasteiger partial charge in [0.2, 0.25) is 5.91 Å². The molecule has 0 bridgehead atoms. The molecule has 0 saturated heterocycles. The lowest BCUT2D eigenvalue weighted by molar-refractivity contribution is -0.117. The molecule has 88 valence electrons. The molecule has 1 aromatic carbocycles. The fourth-order valence-electron chi connectivity index (χ4n) is 2.09. The summed E-state index contributed by atoms with van der Waals surface area (Å²) < 4.78 is 0. The zero-order valence-corrected chi connectivity index (χ0v) is 10.1. The van der Waals surface area contributed by atoms with Gasteiger partial charge in [0.25, 0.3) is 0 Å². The number of carbonyl (C=O) groups is 1. The van der Waals surface area contributed by atoms with Crippen LogP contribution in [0, 0.1) is 11.3 Å². The third-order valence-corrected chi connectivity index (χ3v) is 3.00. The van der Waals surface area contributed by atoms with Crippen molar-refractivity contribution in [1.82, 2.24) is 0 Å². The number of fused-ring (bicyclic) bond motifs is 1. The van der Waals surface area contributed by atoms with Crippen LogP contribution in [0.3, 0.4) is 0 Å². The first-order valence-electron chi connectivity index (χ1n) is 5.73. The van der Waals surface area contributed by atoms with Gasteiger partial charge in [-0.2, -0.15) is 5.26 Å². The molecule has 4 nitrogen and oxygen atoms in total. The van der Waals surface area contributed by atoms with E-state index in [4.69, 9.17) is 5.26 Å². The van der Waals surface area contributed by atoms with Crippen LogP contribution in [-0.4, -0.2) is 26.0 Å². The fraction of sp³-hybridized carbons (Fsp3) is 0.385. The minimum absolute atomic E-state index is 0.0704. The SMILES string of the molecule is CCCN1CC(=O)N(C)c2cc(C#N)ccc21. The topological polar surface area (TPSA) is 47.3 Å². The van der Waals surface area contributed by atoms with E-state index < -0.39 is 0 Å². The maximum absolute atomic E-state index is 11.8. The van der Waals surface area contributed by atoms with E-state index in [1.807, 2.05) is 6.07 Å². The van der Waals surface area contributed by atoms with Crippen molar-refractivity contribution in [2.45, 2.75) is 13.3 Å². The molecule has 0 atom stereocenters. The molecule has 0 N–H and O–H groups in total. The van der Waals surface area contributed by atoms with Gasteiger partial charge in [0.05, 0.1) is 29.6 Å². The number of anilines is 2. The Morgan fingerprint density at radius 1 is 1.41 bits per heavy atom. The van der Waals surface area contributed by atoms with Crippen LogP contribution in [0.1, 0.15) is 18.9 Å². The lowest BCUT2D eigenvalue weighted by Gasteiger charge is -2.35. The number of amides is 1. The normalized spacial score (nSPS) is 14.5. The second-order valence-electron chi connectivity index (χ2n) is 4.19. The lowest BCUT2D eigenvalue weighted by Crippen LogP contribution is -2.44. The van der Waals surface area contributed by atoms with E-state index >= 15 is 0 Å². The first kappa shape index (κ1) is 11.5. The van der Waals surface area contributed by atoms with Gasteiger partial charge in [0, 0.05) is 13.6 Å². The van der Waals surface area contributed by atoms with Crippen LogP contribution in [-0.2, 0) is 4.79 Å². The molecule has 0 unspecified atom stereocenters. The van der Waals surface area contributed by atoms with Gasteiger partial charge in [-0.15, -0.1) is 0 Å². The van der Waals surface area contributed by atoms with E-state index in [2.05, 4.69) is 17.9 Å². The highest BCUT2D eigenvalue weighted by molar-refractivity contribution is 6.03. The van der Waals surface area contributed by atoms with E-state index in [-0.39, 0.29) is 5.91 Å². The summed E-state index contributed by atoms with van der Waals surface area (Å²) in [6.07, 6.45) is 0.996. The molecule has 1 aromatic rings. The molecule has 0 fully saturated rings. The highest BCUT2D eigenvalue weighted by atomic mass is 16.2. The molecule has 1 amide bonds. The highest BCUT2D eigenvalue weighted by Crippen LogP contribution is 2.33. The van der Waals surface area contributed by atoms with E-state index in [0.29, 0.717) is 12.1 Å². The number of nitriles is 1. The van der Waals surface area contributed by atoms with Crippen LogP contribution in [0.2, 0.25) is 0 Å². The van der Waals surface area contributed by atoms with Crippen molar-refractivity contribution in [1.29, 1.82) is 5.26 Å². The number of rotatable bonds is 2. The second-order valence-corrected chi connectivity index (χ2v) is 4.19. The molecule has 0 saturated carbocycles. The molecular weight excluding hydrogens is 214 g/mol. The highest BCUT2D eigenvalue weighted by Gasteiger charge is 2.26. The second kappa shape index (κ2) is 4.46. The van der Waals surface area contributed by atoms with Crippen LogP contribution in [0.15, 0.2) is 18.2 Å². The number of hydrogen-bond donors (Lipinski definition) is 0. The van der Waals surface area contributed by atoms with Crippen molar-refractivity contribution >= 4 is 17.3 Å². The Balaban J connectivity index is 2.48. The largest absolute Gasteiger partial charge is 0.361 e. The van der Waals surface area contributed by atoms with Crippen LogP contribution in [0.5, 0.6) is 0 Å². The van der Waals surface area contributed by atoms with E-state index in [1.54, 1.807) is 24.1 Å². The van der Waals surface area contributed by atoms with Gasteiger partial charge in [-0.25, -0.2) is 0 Å². The summed E-state index contributed by atoms with van der Waals surface area (Å²) >= 11 is 0. The van der Waals surface area contributed by atoms with Crippen molar-refractivity contribution in [3.8, 4) is 6.07 Å². The summed E-state index contributed by atoms with van der Waals surface area (Å²) in [5.41, 5.74) is 2.45. The van der Waals surface area contributed by atoms with Gasteiger partial charge in [-0.3, -0.25) is 4.79 Å². The monoisotopic (exact) mass is 229 g/mol. The molecule has 1 aliphatic heterocycles. The summed E-state index contributed by atoms with van der Waals surface area (Å²) in [6.45, 7) is 3.37. The van der Waals surface area contributed by atoms with Crippen molar-refractivity contribution in [3.05, 3.63) is 23.8 Å². The molecule has 1 aliphatic rings. The quantitative estimate of drug-likeness (QED) is 0.776. The maximum atomic E-state index is 11.8. The Morgan fingerprint density at radius 2 is 2.18 bits per heavy atom.